The number of halogens is 1. The standard InChI is InChI=1S/C12H17BClO2/c1-11(2,15)12(3,4)16-13-9-5-7-10(14)8-6-9/h5-8,15H,1-4H3. The summed E-state index contributed by atoms with van der Waals surface area (Å²) in [5.74, 6) is 0. The molecule has 1 N–H and O–H groups in total. The lowest BCUT2D eigenvalue weighted by atomic mass is 9.83. The van der Waals surface area contributed by atoms with Gasteiger partial charge in [-0.15, -0.1) is 0 Å². The van der Waals surface area contributed by atoms with Crippen molar-refractivity contribution in [2.45, 2.75) is 38.9 Å². The zero-order chi connectivity index (χ0) is 12.4. The lowest BCUT2D eigenvalue weighted by Gasteiger charge is -2.37. The SMILES string of the molecule is CC(C)(O)C(C)(C)O[B]c1ccc(Cl)cc1. The predicted molar refractivity (Wildman–Crippen MR) is 68.3 cm³/mol. The van der Waals surface area contributed by atoms with Crippen molar-refractivity contribution in [1.82, 2.24) is 0 Å². The molecule has 0 aliphatic carbocycles. The van der Waals surface area contributed by atoms with Crippen molar-refractivity contribution < 1.29 is 9.76 Å². The Morgan fingerprint density at radius 3 is 2.06 bits per heavy atom. The third-order valence-electron chi connectivity index (χ3n) is 2.83. The second-order valence-corrected chi connectivity index (χ2v) is 5.29. The van der Waals surface area contributed by atoms with E-state index in [2.05, 4.69) is 0 Å². The van der Waals surface area contributed by atoms with Crippen LogP contribution in [0.1, 0.15) is 27.7 Å². The molecular formula is C12H17BClO2. The highest BCUT2D eigenvalue weighted by atomic mass is 35.5. The van der Waals surface area contributed by atoms with E-state index in [9.17, 15) is 5.11 Å². The second kappa shape index (κ2) is 4.78. The Kier molecular flexibility index (Phi) is 4.05. The minimum atomic E-state index is -0.907. The van der Waals surface area contributed by atoms with Gasteiger partial charge < -0.3 is 9.76 Å². The summed E-state index contributed by atoms with van der Waals surface area (Å²) in [4.78, 5) is 0. The van der Waals surface area contributed by atoms with Crippen molar-refractivity contribution in [2.24, 2.45) is 0 Å². The third-order valence-corrected chi connectivity index (χ3v) is 3.08. The quantitative estimate of drug-likeness (QED) is 0.816. The summed E-state index contributed by atoms with van der Waals surface area (Å²) in [5, 5.41) is 10.6. The summed E-state index contributed by atoms with van der Waals surface area (Å²) < 4.78 is 5.60. The zero-order valence-corrected chi connectivity index (χ0v) is 10.9. The minimum absolute atomic E-state index is 0.646. The van der Waals surface area contributed by atoms with Gasteiger partial charge in [-0.3, -0.25) is 0 Å². The van der Waals surface area contributed by atoms with Crippen LogP contribution in [-0.2, 0) is 4.65 Å². The Balaban J connectivity index is 2.61. The zero-order valence-electron chi connectivity index (χ0n) is 10.1. The molecule has 0 fully saturated rings. The van der Waals surface area contributed by atoms with Crippen molar-refractivity contribution in [3.05, 3.63) is 29.3 Å². The van der Waals surface area contributed by atoms with Gasteiger partial charge in [0.05, 0.1) is 11.2 Å². The first kappa shape index (κ1) is 13.6. The summed E-state index contributed by atoms with van der Waals surface area (Å²) in [6.07, 6.45) is 0. The minimum Gasteiger partial charge on any atom is -0.427 e. The van der Waals surface area contributed by atoms with Crippen molar-refractivity contribution in [3.8, 4) is 0 Å². The second-order valence-electron chi connectivity index (χ2n) is 4.86. The highest BCUT2D eigenvalue weighted by Gasteiger charge is 2.35. The largest absolute Gasteiger partial charge is 0.427 e. The van der Waals surface area contributed by atoms with Crippen LogP contribution < -0.4 is 5.46 Å². The molecule has 0 aromatic heterocycles. The molecule has 16 heavy (non-hydrogen) atoms. The van der Waals surface area contributed by atoms with Gasteiger partial charge >= 0.3 is 7.48 Å². The van der Waals surface area contributed by atoms with E-state index in [4.69, 9.17) is 16.3 Å². The topological polar surface area (TPSA) is 29.5 Å². The molecule has 0 saturated carbocycles. The van der Waals surface area contributed by atoms with Gasteiger partial charge in [0.2, 0.25) is 0 Å². The maximum Gasteiger partial charge on any atom is 0.330 e. The van der Waals surface area contributed by atoms with Crippen LogP contribution in [0.4, 0.5) is 0 Å². The molecule has 0 spiro atoms. The van der Waals surface area contributed by atoms with Crippen molar-refractivity contribution in [2.75, 3.05) is 0 Å². The van der Waals surface area contributed by atoms with Crippen LogP contribution in [0.25, 0.3) is 0 Å². The van der Waals surface area contributed by atoms with Gasteiger partial charge in [-0.05, 0) is 39.8 Å². The summed E-state index contributed by atoms with van der Waals surface area (Å²) in [7, 11) is 1.63. The van der Waals surface area contributed by atoms with Crippen molar-refractivity contribution in [3.63, 3.8) is 0 Å². The molecular weight excluding hydrogens is 222 g/mol. The first-order chi connectivity index (χ1) is 7.22. The lowest BCUT2D eigenvalue weighted by Crippen LogP contribution is -2.49. The number of aliphatic hydroxyl groups is 1. The third kappa shape index (κ3) is 3.51. The van der Waals surface area contributed by atoms with Gasteiger partial charge in [0.25, 0.3) is 0 Å². The van der Waals surface area contributed by atoms with Gasteiger partial charge in [-0.2, -0.15) is 0 Å². The van der Waals surface area contributed by atoms with Crippen molar-refractivity contribution in [1.29, 1.82) is 0 Å². The van der Waals surface area contributed by atoms with E-state index in [1.54, 1.807) is 33.5 Å². The molecule has 87 valence electrons. The van der Waals surface area contributed by atoms with Gasteiger partial charge in [0, 0.05) is 5.02 Å². The van der Waals surface area contributed by atoms with Gasteiger partial charge in [0.1, 0.15) is 0 Å². The molecule has 1 aromatic rings. The molecule has 2 nitrogen and oxygen atoms in total. The Morgan fingerprint density at radius 2 is 1.62 bits per heavy atom. The number of hydrogen-bond acceptors (Lipinski definition) is 2. The molecule has 0 atom stereocenters. The van der Waals surface area contributed by atoms with Gasteiger partial charge in [-0.1, -0.05) is 29.2 Å². The molecule has 0 unspecified atom stereocenters. The summed E-state index contributed by atoms with van der Waals surface area (Å²) in [5.41, 5.74) is -0.635. The molecule has 0 heterocycles. The van der Waals surface area contributed by atoms with Crippen LogP contribution in [0.2, 0.25) is 5.02 Å². The van der Waals surface area contributed by atoms with Crippen LogP contribution in [-0.4, -0.2) is 23.8 Å². The Bertz CT molecular complexity index is 341. The molecule has 0 saturated heterocycles. The molecule has 0 aliphatic rings. The average molecular weight is 240 g/mol. The Hall–Kier alpha value is -0.505. The summed E-state index contributed by atoms with van der Waals surface area (Å²) in [6.45, 7) is 7.14. The number of rotatable bonds is 4. The number of hydrogen-bond donors (Lipinski definition) is 1. The van der Waals surface area contributed by atoms with E-state index < -0.39 is 11.2 Å². The smallest absolute Gasteiger partial charge is 0.330 e. The van der Waals surface area contributed by atoms with E-state index in [0.717, 1.165) is 5.46 Å². The van der Waals surface area contributed by atoms with E-state index in [-0.39, 0.29) is 0 Å². The van der Waals surface area contributed by atoms with Crippen LogP contribution >= 0.6 is 11.6 Å². The van der Waals surface area contributed by atoms with E-state index in [1.807, 2.05) is 26.0 Å². The monoisotopic (exact) mass is 239 g/mol. The van der Waals surface area contributed by atoms with Gasteiger partial charge in [0.15, 0.2) is 0 Å². The average Bonchev–Trinajstić information content (AvgIpc) is 2.15. The van der Waals surface area contributed by atoms with Crippen LogP contribution in [0, 0.1) is 0 Å². The van der Waals surface area contributed by atoms with Gasteiger partial charge in [-0.25, -0.2) is 0 Å². The first-order valence-corrected chi connectivity index (χ1v) is 5.59. The molecule has 0 bridgehead atoms. The Labute approximate surface area is 103 Å². The summed E-state index contributed by atoms with van der Waals surface area (Å²) >= 11 is 5.78. The molecule has 1 rings (SSSR count). The summed E-state index contributed by atoms with van der Waals surface area (Å²) in [6, 6.07) is 7.33. The molecule has 4 heteroatoms. The maximum atomic E-state index is 9.90. The fourth-order valence-corrected chi connectivity index (χ4v) is 1.03. The fourth-order valence-electron chi connectivity index (χ4n) is 0.901. The van der Waals surface area contributed by atoms with Crippen LogP contribution in [0.5, 0.6) is 0 Å². The van der Waals surface area contributed by atoms with Crippen LogP contribution in [0.15, 0.2) is 24.3 Å². The lowest BCUT2D eigenvalue weighted by molar-refractivity contribution is -0.0893. The fraction of sp³-hybridized carbons (Fsp3) is 0.500. The van der Waals surface area contributed by atoms with E-state index in [1.165, 1.54) is 0 Å². The van der Waals surface area contributed by atoms with Crippen molar-refractivity contribution >= 4 is 24.5 Å². The van der Waals surface area contributed by atoms with E-state index in [0.29, 0.717) is 5.02 Å². The van der Waals surface area contributed by atoms with Crippen LogP contribution in [0.3, 0.4) is 0 Å². The molecule has 0 amide bonds. The normalized spacial score (nSPS) is 12.6. The maximum absolute atomic E-state index is 9.90. The molecule has 0 aliphatic heterocycles. The molecule has 1 aromatic carbocycles. The molecule has 1 radical (unpaired) electrons. The first-order valence-electron chi connectivity index (χ1n) is 5.21. The van der Waals surface area contributed by atoms with E-state index >= 15 is 0 Å². The number of benzene rings is 1. The highest BCUT2D eigenvalue weighted by Crippen LogP contribution is 2.24. The highest BCUT2D eigenvalue weighted by molar-refractivity contribution is 6.47. The Morgan fingerprint density at radius 1 is 1.12 bits per heavy atom. The predicted octanol–water partition coefficient (Wildman–Crippen LogP) is 2.15.